The second kappa shape index (κ2) is 10.8. The Hall–Kier alpha value is -4.19. The van der Waals surface area contributed by atoms with Crippen LogP contribution in [0.2, 0.25) is 0 Å². The summed E-state index contributed by atoms with van der Waals surface area (Å²) in [6.07, 6.45) is 2.12. The Morgan fingerprint density at radius 1 is 0.771 bits per heavy atom. The monoisotopic (exact) mass is 469 g/mol. The Labute approximate surface area is 204 Å². The largest absolute Gasteiger partial charge is 0.493 e. The third kappa shape index (κ3) is 5.66. The first-order valence-electron chi connectivity index (χ1n) is 11.4. The number of ketones is 2. The van der Waals surface area contributed by atoms with Crippen molar-refractivity contribution in [2.75, 3.05) is 14.2 Å². The van der Waals surface area contributed by atoms with Crippen LogP contribution in [0.4, 0.5) is 0 Å². The van der Waals surface area contributed by atoms with Crippen LogP contribution in [0.15, 0.2) is 79.0 Å². The fourth-order valence-corrected chi connectivity index (χ4v) is 3.82. The van der Waals surface area contributed by atoms with Gasteiger partial charge in [0.1, 0.15) is 23.1 Å². The van der Waals surface area contributed by atoms with E-state index >= 15 is 0 Å². The maximum atomic E-state index is 12.7. The zero-order valence-corrected chi connectivity index (χ0v) is 20.0. The molecule has 3 aromatic carbocycles. The molecule has 0 radical (unpaired) electrons. The minimum absolute atomic E-state index is 0.0715. The molecule has 0 aliphatic carbocycles. The summed E-state index contributed by atoms with van der Waals surface area (Å²) in [5, 5.41) is 0.787. The number of fused-ring (bicyclic) bond motifs is 1. The van der Waals surface area contributed by atoms with Crippen LogP contribution < -0.4 is 14.2 Å². The van der Waals surface area contributed by atoms with E-state index < -0.39 is 5.92 Å². The fourth-order valence-electron chi connectivity index (χ4n) is 3.82. The van der Waals surface area contributed by atoms with E-state index in [1.807, 2.05) is 60.7 Å². The van der Waals surface area contributed by atoms with Crippen LogP contribution in [-0.2, 0) is 22.4 Å². The van der Waals surface area contributed by atoms with Crippen LogP contribution in [0.3, 0.4) is 0 Å². The van der Waals surface area contributed by atoms with Gasteiger partial charge in [-0.3, -0.25) is 14.6 Å². The SMILES string of the molecule is COc1cc2nccc(Oc3ccc(CC(=O)C(C)C(=O)Cc4ccccc4)cc3)c2cc1OC. The summed E-state index contributed by atoms with van der Waals surface area (Å²) in [4.78, 5) is 29.6. The van der Waals surface area contributed by atoms with E-state index in [0.29, 0.717) is 23.0 Å². The molecule has 6 nitrogen and oxygen atoms in total. The lowest BCUT2D eigenvalue weighted by atomic mass is 9.92. The Balaban J connectivity index is 1.43. The minimum Gasteiger partial charge on any atom is -0.493 e. The first-order chi connectivity index (χ1) is 17.0. The number of hydrogen-bond acceptors (Lipinski definition) is 6. The lowest BCUT2D eigenvalue weighted by Crippen LogP contribution is -2.24. The van der Waals surface area contributed by atoms with Gasteiger partial charge in [0.2, 0.25) is 0 Å². The minimum atomic E-state index is -0.652. The first kappa shape index (κ1) is 24.0. The molecule has 1 heterocycles. The van der Waals surface area contributed by atoms with E-state index in [0.717, 1.165) is 22.0 Å². The maximum Gasteiger partial charge on any atom is 0.162 e. The number of benzene rings is 3. The summed E-state index contributed by atoms with van der Waals surface area (Å²) in [5.41, 5.74) is 2.46. The van der Waals surface area contributed by atoms with Crippen molar-refractivity contribution in [1.29, 1.82) is 0 Å². The quantitative estimate of drug-likeness (QED) is 0.281. The molecule has 0 spiro atoms. The van der Waals surface area contributed by atoms with Crippen molar-refractivity contribution in [1.82, 2.24) is 4.98 Å². The Morgan fingerprint density at radius 2 is 1.37 bits per heavy atom. The van der Waals surface area contributed by atoms with Gasteiger partial charge in [-0.25, -0.2) is 0 Å². The Kier molecular flexibility index (Phi) is 7.41. The summed E-state index contributed by atoms with van der Waals surface area (Å²) in [5.74, 6) is 1.61. The van der Waals surface area contributed by atoms with Gasteiger partial charge in [-0.1, -0.05) is 42.5 Å². The molecule has 178 valence electrons. The van der Waals surface area contributed by atoms with E-state index in [1.54, 1.807) is 39.5 Å². The van der Waals surface area contributed by atoms with E-state index in [1.165, 1.54) is 0 Å². The van der Waals surface area contributed by atoms with Crippen molar-refractivity contribution in [2.24, 2.45) is 5.92 Å². The van der Waals surface area contributed by atoms with Gasteiger partial charge in [-0.2, -0.15) is 0 Å². The van der Waals surface area contributed by atoms with Crippen LogP contribution in [0.25, 0.3) is 10.9 Å². The number of rotatable bonds is 10. The number of hydrogen-bond donors (Lipinski definition) is 0. The van der Waals surface area contributed by atoms with Gasteiger partial charge < -0.3 is 14.2 Å². The van der Waals surface area contributed by atoms with Gasteiger partial charge in [0.25, 0.3) is 0 Å². The molecule has 1 aromatic heterocycles. The average molecular weight is 470 g/mol. The van der Waals surface area contributed by atoms with Crippen LogP contribution in [0, 0.1) is 5.92 Å². The number of aromatic nitrogens is 1. The maximum absolute atomic E-state index is 12.7. The fraction of sp³-hybridized carbons (Fsp3) is 0.207. The number of nitrogens with zero attached hydrogens (tertiary/aromatic N) is 1. The molecule has 0 amide bonds. The predicted octanol–water partition coefficient (Wildman–Crippen LogP) is 5.60. The summed E-state index contributed by atoms with van der Waals surface area (Å²) >= 11 is 0. The van der Waals surface area contributed by atoms with Crippen LogP contribution >= 0.6 is 0 Å². The predicted molar refractivity (Wildman–Crippen MR) is 134 cm³/mol. The number of Topliss-reactive ketones (excluding diaryl/α,β-unsaturated/α-hetero) is 2. The average Bonchev–Trinajstić information content (AvgIpc) is 2.89. The van der Waals surface area contributed by atoms with E-state index in [9.17, 15) is 9.59 Å². The lowest BCUT2D eigenvalue weighted by Gasteiger charge is -2.13. The van der Waals surface area contributed by atoms with E-state index in [4.69, 9.17) is 14.2 Å². The number of methoxy groups -OCH3 is 2. The highest BCUT2D eigenvalue weighted by Crippen LogP contribution is 2.36. The Bertz CT molecular complexity index is 1330. The number of carbonyl (C=O) groups is 2. The molecule has 6 heteroatoms. The van der Waals surface area contributed by atoms with Crippen LogP contribution in [-0.4, -0.2) is 30.8 Å². The molecule has 4 rings (SSSR count). The molecule has 4 aromatic rings. The van der Waals surface area contributed by atoms with E-state index in [2.05, 4.69) is 4.98 Å². The smallest absolute Gasteiger partial charge is 0.162 e. The molecule has 1 unspecified atom stereocenters. The zero-order chi connectivity index (χ0) is 24.8. The number of ether oxygens (including phenoxy) is 3. The second-order valence-electron chi connectivity index (χ2n) is 8.27. The van der Waals surface area contributed by atoms with E-state index in [-0.39, 0.29) is 24.4 Å². The standard InChI is InChI=1S/C29H27NO5/c1-19(25(31)15-20-7-5-4-6-8-20)26(32)16-21-9-11-22(12-10-21)35-27-13-14-30-24-18-29(34-3)28(33-2)17-23(24)27/h4-14,17-19H,15-16H2,1-3H3. The topological polar surface area (TPSA) is 74.7 Å². The third-order valence-electron chi connectivity index (χ3n) is 5.92. The van der Waals surface area contributed by atoms with Crippen molar-refractivity contribution in [3.63, 3.8) is 0 Å². The summed E-state index contributed by atoms with van der Waals surface area (Å²) in [7, 11) is 3.16. The normalized spacial score (nSPS) is 11.6. The highest BCUT2D eigenvalue weighted by atomic mass is 16.5. The van der Waals surface area contributed by atoms with Gasteiger partial charge >= 0.3 is 0 Å². The molecular formula is C29H27NO5. The molecule has 0 aliphatic rings. The van der Waals surface area contributed by atoms with Crippen molar-refractivity contribution in [2.45, 2.75) is 19.8 Å². The number of carbonyl (C=O) groups excluding carboxylic acids is 2. The van der Waals surface area contributed by atoms with Crippen molar-refractivity contribution in [3.8, 4) is 23.0 Å². The third-order valence-corrected chi connectivity index (χ3v) is 5.92. The molecule has 0 N–H and O–H groups in total. The molecular weight excluding hydrogens is 442 g/mol. The summed E-state index contributed by atoms with van der Waals surface area (Å²) in [6, 6.07) is 22.2. The number of pyridine rings is 1. The van der Waals surface area contributed by atoms with Gasteiger partial charge in [0, 0.05) is 30.5 Å². The molecule has 0 aliphatic heterocycles. The van der Waals surface area contributed by atoms with Crippen LogP contribution in [0.5, 0.6) is 23.0 Å². The van der Waals surface area contributed by atoms with Crippen molar-refractivity contribution < 1.29 is 23.8 Å². The first-order valence-corrected chi connectivity index (χ1v) is 11.4. The van der Waals surface area contributed by atoms with Crippen LogP contribution in [0.1, 0.15) is 18.1 Å². The molecule has 1 atom stereocenters. The zero-order valence-electron chi connectivity index (χ0n) is 20.0. The molecule has 0 bridgehead atoms. The molecule has 35 heavy (non-hydrogen) atoms. The summed E-state index contributed by atoms with van der Waals surface area (Å²) in [6.45, 7) is 1.68. The Morgan fingerprint density at radius 3 is 2.00 bits per heavy atom. The molecule has 0 saturated carbocycles. The van der Waals surface area contributed by atoms with Gasteiger partial charge in [0.15, 0.2) is 11.5 Å². The van der Waals surface area contributed by atoms with Gasteiger partial charge in [-0.05, 0) is 42.3 Å². The highest BCUT2D eigenvalue weighted by Gasteiger charge is 2.21. The van der Waals surface area contributed by atoms with Crippen molar-refractivity contribution in [3.05, 3.63) is 90.1 Å². The van der Waals surface area contributed by atoms with Gasteiger partial charge in [-0.15, -0.1) is 0 Å². The lowest BCUT2D eigenvalue weighted by molar-refractivity contribution is -0.131. The molecule has 0 saturated heterocycles. The highest BCUT2D eigenvalue weighted by molar-refractivity contribution is 6.03. The van der Waals surface area contributed by atoms with Gasteiger partial charge in [0.05, 0.1) is 25.7 Å². The van der Waals surface area contributed by atoms with Crippen molar-refractivity contribution >= 4 is 22.5 Å². The second-order valence-corrected chi connectivity index (χ2v) is 8.27. The summed E-state index contributed by atoms with van der Waals surface area (Å²) < 4.78 is 16.9. The molecule has 0 fully saturated rings.